The number of amides is 1. The van der Waals surface area contributed by atoms with Crippen LogP contribution in [0.3, 0.4) is 0 Å². The van der Waals surface area contributed by atoms with Crippen LogP contribution in [0.4, 0.5) is 0 Å². The second-order valence-electron chi connectivity index (χ2n) is 7.28. The fourth-order valence-electron chi connectivity index (χ4n) is 2.68. The zero-order valence-corrected chi connectivity index (χ0v) is 17.1. The van der Waals surface area contributed by atoms with Crippen LogP contribution in [0, 0.1) is 5.41 Å². The minimum Gasteiger partial charge on any atom is -0.461 e. The van der Waals surface area contributed by atoms with Gasteiger partial charge in [0.2, 0.25) is 0 Å². The van der Waals surface area contributed by atoms with Gasteiger partial charge < -0.3 is 9.64 Å². The third-order valence-corrected chi connectivity index (χ3v) is 5.92. The summed E-state index contributed by atoms with van der Waals surface area (Å²) in [6.07, 6.45) is -0.195. The molecule has 1 aliphatic rings. The van der Waals surface area contributed by atoms with Crippen molar-refractivity contribution in [1.29, 1.82) is 0 Å². The monoisotopic (exact) mass is 413 g/mol. The Morgan fingerprint density at radius 3 is 2.54 bits per heavy atom. The number of ether oxygens (including phenoxy) is 1. The normalized spacial score (nSPS) is 21.2. The van der Waals surface area contributed by atoms with Crippen LogP contribution in [0.2, 0.25) is 0 Å². The molecule has 0 saturated carbocycles. The molecule has 2 rings (SSSR count). The van der Waals surface area contributed by atoms with Crippen molar-refractivity contribution >= 4 is 39.6 Å². The molecule has 1 amide bonds. The van der Waals surface area contributed by atoms with Crippen LogP contribution in [0.15, 0.2) is 28.7 Å². The maximum Gasteiger partial charge on any atom is 0.330 e. The number of carbonyl (C=O) groups excluding carboxylic acids is 2. The van der Waals surface area contributed by atoms with Crippen LogP contribution in [0.5, 0.6) is 0 Å². The fourth-order valence-corrected chi connectivity index (χ4v) is 4.65. The van der Waals surface area contributed by atoms with Crippen molar-refractivity contribution in [3.63, 3.8) is 0 Å². The number of thioether (sulfide) groups is 1. The summed E-state index contributed by atoms with van der Waals surface area (Å²) in [6, 6.07) is 6.72. The Balaban J connectivity index is 2.36. The number of halogens is 1. The van der Waals surface area contributed by atoms with Gasteiger partial charge in [0.1, 0.15) is 6.04 Å². The molecule has 132 valence electrons. The van der Waals surface area contributed by atoms with E-state index >= 15 is 0 Å². The Morgan fingerprint density at radius 1 is 1.33 bits per heavy atom. The summed E-state index contributed by atoms with van der Waals surface area (Å²) >= 11 is 5.04. The Hall–Kier alpha value is -1.01. The van der Waals surface area contributed by atoms with E-state index in [1.54, 1.807) is 28.8 Å². The van der Waals surface area contributed by atoms with E-state index < -0.39 is 6.04 Å². The van der Waals surface area contributed by atoms with Crippen molar-refractivity contribution in [1.82, 2.24) is 4.90 Å². The number of hydrogen-bond donors (Lipinski definition) is 0. The van der Waals surface area contributed by atoms with E-state index in [0.717, 1.165) is 4.47 Å². The van der Waals surface area contributed by atoms with Gasteiger partial charge in [-0.1, -0.05) is 42.8 Å². The van der Waals surface area contributed by atoms with Crippen LogP contribution in [0.25, 0.3) is 0 Å². The van der Waals surface area contributed by atoms with Gasteiger partial charge in [-0.25, -0.2) is 4.79 Å². The first-order valence-corrected chi connectivity index (χ1v) is 9.85. The quantitative estimate of drug-likeness (QED) is 0.691. The van der Waals surface area contributed by atoms with Gasteiger partial charge >= 0.3 is 5.97 Å². The largest absolute Gasteiger partial charge is 0.461 e. The van der Waals surface area contributed by atoms with Crippen molar-refractivity contribution in [3.8, 4) is 0 Å². The van der Waals surface area contributed by atoms with Gasteiger partial charge in [0.05, 0.1) is 11.5 Å². The second kappa shape index (κ2) is 7.48. The van der Waals surface area contributed by atoms with E-state index in [1.807, 2.05) is 26.0 Å². The van der Waals surface area contributed by atoms with Crippen molar-refractivity contribution < 1.29 is 14.3 Å². The van der Waals surface area contributed by atoms with Crippen molar-refractivity contribution in [2.24, 2.45) is 5.41 Å². The number of hydrogen-bond acceptors (Lipinski definition) is 4. The highest BCUT2D eigenvalue weighted by Crippen LogP contribution is 2.41. The van der Waals surface area contributed by atoms with E-state index in [9.17, 15) is 9.59 Å². The molecule has 0 spiro atoms. The summed E-state index contributed by atoms with van der Waals surface area (Å²) in [5.74, 6) is 0.104. The lowest BCUT2D eigenvalue weighted by Gasteiger charge is -2.36. The minimum absolute atomic E-state index is 0.0753. The molecule has 6 heteroatoms. The first-order valence-electron chi connectivity index (χ1n) is 8.01. The van der Waals surface area contributed by atoms with E-state index in [4.69, 9.17) is 4.74 Å². The second-order valence-corrected chi connectivity index (χ2v) is 9.30. The number of esters is 1. The molecule has 1 fully saturated rings. The third-order valence-electron chi connectivity index (χ3n) is 3.67. The summed E-state index contributed by atoms with van der Waals surface area (Å²) < 4.78 is 6.22. The molecule has 4 nitrogen and oxygen atoms in total. The molecule has 1 aromatic rings. The molecular formula is C18H24BrNO3S. The van der Waals surface area contributed by atoms with Gasteiger partial charge in [-0.05, 0) is 37.5 Å². The lowest BCUT2D eigenvalue weighted by Crippen LogP contribution is -2.50. The van der Waals surface area contributed by atoms with Crippen molar-refractivity contribution in [3.05, 3.63) is 34.3 Å². The minimum atomic E-state index is -0.548. The molecular weight excluding hydrogens is 390 g/mol. The Bertz CT molecular complexity index is 627. The molecule has 1 saturated heterocycles. The van der Waals surface area contributed by atoms with Gasteiger partial charge in [-0.15, -0.1) is 11.8 Å². The third kappa shape index (κ3) is 4.33. The zero-order chi connectivity index (χ0) is 18.1. The lowest BCUT2D eigenvalue weighted by atomic mass is 9.94. The molecule has 2 unspecified atom stereocenters. The Kier molecular flexibility index (Phi) is 6.02. The fraction of sp³-hybridized carbons (Fsp3) is 0.556. The molecule has 1 heterocycles. The maximum absolute atomic E-state index is 13.1. The van der Waals surface area contributed by atoms with Crippen LogP contribution >= 0.6 is 27.7 Å². The number of nitrogens with zero attached hydrogens (tertiary/aromatic N) is 1. The van der Waals surface area contributed by atoms with Gasteiger partial charge in [-0.2, -0.15) is 0 Å². The van der Waals surface area contributed by atoms with Crippen LogP contribution in [0.1, 0.15) is 45.0 Å². The van der Waals surface area contributed by atoms with Crippen molar-refractivity contribution in [2.75, 3.05) is 5.75 Å². The standard InChI is InChI=1S/C18H24BrNO3S/c1-11(2)23-16(22)14-10-24-17(18(3,4)5)20(14)15(21)12-7-6-8-13(19)9-12/h6-9,11,14,17H,10H2,1-5H3. The van der Waals surface area contributed by atoms with E-state index in [0.29, 0.717) is 11.3 Å². The number of benzene rings is 1. The molecule has 0 N–H and O–H groups in total. The van der Waals surface area contributed by atoms with Gasteiger partial charge in [0, 0.05) is 15.8 Å². The van der Waals surface area contributed by atoms with Crippen LogP contribution in [-0.2, 0) is 9.53 Å². The van der Waals surface area contributed by atoms with Crippen molar-refractivity contribution in [2.45, 2.75) is 52.1 Å². The van der Waals surface area contributed by atoms with E-state index in [2.05, 4.69) is 36.7 Å². The molecule has 0 radical (unpaired) electrons. The van der Waals surface area contributed by atoms with Crippen LogP contribution < -0.4 is 0 Å². The number of carbonyl (C=O) groups is 2. The summed E-state index contributed by atoms with van der Waals surface area (Å²) in [7, 11) is 0. The molecule has 0 aromatic heterocycles. The zero-order valence-electron chi connectivity index (χ0n) is 14.7. The van der Waals surface area contributed by atoms with Gasteiger partial charge in [-0.3, -0.25) is 4.79 Å². The van der Waals surface area contributed by atoms with Crippen LogP contribution in [-0.4, -0.2) is 40.0 Å². The summed E-state index contributed by atoms with van der Waals surface area (Å²) in [4.78, 5) is 27.3. The Morgan fingerprint density at radius 2 is 2.00 bits per heavy atom. The van der Waals surface area contributed by atoms with E-state index in [1.165, 1.54) is 0 Å². The molecule has 1 aromatic carbocycles. The summed E-state index contributed by atoms with van der Waals surface area (Å²) in [5.41, 5.74) is 0.433. The maximum atomic E-state index is 13.1. The lowest BCUT2D eigenvalue weighted by molar-refractivity contribution is -0.152. The average Bonchev–Trinajstić information content (AvgIpc) is 2.90. The summed E-state index contributed by atoms with van der Waals surface area (Å²) in [6.45, 7) is 9.90. The highest BCUT2D eigenvalue weighted by atomic mass is 79.9. The first-order chi connectivity index (χ1) is 11.1. The molecule has 0 aliphatic carbocycles. The van der Waals surface area contributed by atoms with Gasteiger partial charge in [0.15, 0.2) is 0 Å². The molecule has 24 heavy (non-hydrogen) atoms. The smallest absolute Gasteiger partial charge is 0.330 e. The SMILES string of the molecule is CC(C)OC(=O)C1CSC(C(C)(C)C)N1C(=O)c1cccc(Br)c1. The number of rotatable bonds is 3. The van der Waals surface area contributed by atoms with Gasteiger partial charge in [0.25, 0.3) is 5.91 Å². The topological polar surface area (TPSA) is 46.6 Å². The highest BCUT2D eigenvalue weighted by Gasteiger charge is 2.47. The first kappa shape index (κ1) is 19.3. The highest BCUT2D eigenvalue weighted by molar-refractivity contribution is 9.10. The molecule has 2 atom stereocenters. The predicted octanol–water partition coefficient (Wildman–Crippen LogP) is 4.33. The summed E-state index contributed by atoms with van der Waals surface area (Å²) in [5, 5.41) is -0.0753. The molecule has 0 bridgehead atoms. The average molecular weight is 414 g/mol. The predicted molar refractivity (Wildman–Crippen MR) is 101 cm³/mol. The van der Waals surface area contributed by atoms with E-state index in [-0.39, 0.29) is 28.8 Å². The Labute approximate surface area is 156 Å². The molecule has 1 aliphatic heterocycles.